The Hall–Kier alpha value is -4.26. The maximum atomic E-state index is 13.5. The molecule has 3 aromatic rings. The second-order valence-electron chi connectivity index (χ2n) is 9.49. The summed E-state index contributed by atoms with van der Waals surface area (Å²) in [5.41, 5.74) is 3.27. The fraction of sp³-hybridized carbons (Fsp3) is 0.290. The molecule has 1 saturated heterocycles. The molecule has 0 bridgehead atoms. The smallest absolute Gasteiger partial charge is 0.300 e. The number of carbonyl (C=O) groups is 2. The topological polar surface area (TPSA) is 96.3 Å². The molecular formula is C31H33NO6. The molecule has 1 atom stereocenters. The van der Waals surface area contributed by atoms with Gasteiger partial charge in [0.1, 0.15) is 11.5 Å². The summed E-state index contributed by atoms with van der Waals surface area (Å²) in [6.45, 7) is 10.5. The number of aliphatic hydroxyl groups is 1. The Bertz CT molecular complexity index is 1390. The molecule has 7 heteroatoms. The van der Waals surface area contributed by atoms with Gasteiger partial charge in [-0.3, -0.25) is 14.5 Å². The fourth-order valence-electron chi connectivity index (χ4n) is 4.68. The molecule has 0 aromatic heterocycles. The van der Waals surface area contributed by atoms with E-state index >= 15 is 0 Å². The molecule has 1 fully saturated rings. The van der Waals surface area contributed by atoms with Gasteiger partial charge in [0, 0.05) is 11.3 Å². The molecule has 38 heavy (non-hydrogen) atoms. The van der Waals surface area contributed by atoms with E-state index in [1.54, 1.807) is 49.4 Å². The number of hydrogen-bond donors (Lipinski definition) is 2. The largest absolute Gasteiger partial charge is 0.507 e. The summed E-state index contributed by atoms with van der Waals surface area (Å²) < 4.78 is 11.2. The second kappa shape index (κ2) is 11.0. The zero-order valence-electron chi connectivity index (χ0n) is 22.3. The second-order valence-corrected chi connectivity index (χ2v) is 9.49. The third kappa shape index (κ3) is 4.96. The van der Waals surface area contributed by atoms with E-state index in [2.05, 4.69) is 13.8 Å². The van der Waals surface area contributed by atoms with Crippen molar-refractivity contribution in [3.63, 3.8) is 0 Å². The molecule has 2 N–H and O–H groups in total. The first kappa shape index (κ1) is 26.8. The molecule has 7 nitrogen and oxygen atoms in total. The number of ketones is 1. The van der Waals surface area contributed by atoms with E-state index in [-0.39, 0.29) is 22.8 Å². The van der Waals surface area contributed by atoms with Gasteiger partial charge in [-0.25, -0.2) is 0 Å². The summed E-state index contributed by atoms with van der Waals surface area (Å²) in [6, 6.07) is 16.3. The quantitative estimate of drug-likeness (QED) is 0.209. The number of phenolic OH excluding ortho intramolecular Hbond substituents is 1. The van der Waals surface area contributed by atoms with E-state index in [4.69, 9.17) is 9.47 Å². The normalized spacial score (nSPS) is 16.8. The van der Waals surface area contributed by atoms with Crippen LogP contribution in [0.5, 0.6) is 17.2 Å². The lowest BCUT2D eigenvalue weighted by Gasteiger charge is -2.26. The van der Waals surface area contributed by atoms with Crippen LogP contribution < -0.4 is 14.4 Å². The molecule has 1 amide bonds. The average molecular weight is 516 g/mol. The van der Waals surface area contributed by atoms with Crippen LogP contribution in [0.1, 0.15) is 61.9 Å². The van der Waals surface area contributed by atoms with Crippen molar-refractivity contribution in [2.75, 3.05) is 18.1 Å². The van der Waals surface area contributed by atoms with E-state index in [0.29, 0.717) is 41.7 Å². The van der Waals surface area contributed by atoms with Crippen molar-refractivity contribution >= 4 is 23.1 Å². The number of aryl methyl sites for hydroxylation is 1. The average Bonchev–Trinajstić information content (AvgIpc) is 3.16. The number of nitrogens with zero attached hydrogens (tertiary/aromatic N) is 1. The first-order chi connectivity index (χ1) is 18.2. The first-order valence-electron chi connectivity index (χ1n) is 12.8. The summed E-state index contributed by atoms with van der Waals surface area (Å²) in [7, 11) is 0. The van der Waals surface area contributed by atoms with Crippen molar-refractivity contribution in [3.8, 4) is 17.2 Å². The van der Waals surface area contributed by atoms with Gasteiger partial charge in [-0.1, -0.05) is 32.0 Å². The number of hydrogen-bond acceptors (Lipinski definition) is 6. The van der Waals surface area contributed by atoms with Gasteiger partial charge in [0.25, 0.3) is 11.7 Å². The minimum atomic E-state index is -0.938. The SMILES string of the molecule is CCOc1ccc(/C(O)=C2/C(=O)C(=O)N(c3ccc(C(C)C)cc3)C2c2ccc(O)c(OCC)c2)cc1C. The number of ether oxygens (including phenoxy) is 2. The summed E-state index contributed by atoms with van der Waals surface area (Å²) in [5, 5.41) is 21.7. The number of Topliss-reactive ketones (excluding diaryl/α,β-unsaturated/α-hetero) is 1. The minimum Gasteiger partial charge on any atom is -0.507 e. The lowest BCUT2D eigenvalue weighted by Crippen LogP contribution is -2.29. The molecule has 3 aromatic carbocycles. The number of amides is 1. The van der Waals surface area contributed by atoms with Crippen molar-refractivity contribution in [1.82, 2.24) is 0 Å². The molecule has 4 rings (SSSR count). The van der Waals surface area contributed by atoms with Gasteiger partial charge in [-0.15, -0.1) is 0 Å². The number of benzene rings is 3. The van der Waals surface area contributed by atoms with Gasteiger partial charge >= 0.3 is 0 Å². The lowest BCUT2D eigenvalue weighted by atomic mass is 9.94. The van der Waals surface area contributed by atoms with Crippen molar-refractivity contribution in [2.45, 2.75) is 46.6 Å². The van der Waals surface area contributed by atoms with E-state index in [1.165, 1.54) is 11.0 Å². The minimum absolute atomic E-state index is 0.0420. The highest BCUT2D eigenvalue weighted by Crippen LogP contribution is 2.44. The van der Waals surface area contributed by atoms with Crippen LogP contribution in [0.15, 0.2) is 66.2 Å². The van der Waals surface area contributed by atoms with Crippen LogP contribution in [0, 0.1) is 6.92 Å². The lowest BCUT2D eigenvalue weighted by molar-refractivity contribution is -0.132. The van der Waals surface area contributed by atoms with E-state index in [9.17, 15) is 19.8 Å². The van der Waals surface area contributed by atoms with Crippen molar-refractivity contribution in [3.05, 3.63) is 88.5 Å². The van der Waals surface area contributed by atoms with Crippen LogP contribution >= 0.6 is 0 Å². The predicted molar refractivity (Wildman–Crippen MR) is 147 cm³/mol. The number of aromatic hydroxyl groups is 1. The molecule has 1 aliphatic heterocycles. The maximum Gasteiger partial charge on any atom is 0.300 e. The first-order valence-corrected chi connectivity index (χ1v) is 12.8. The third-order valence-corrected chi connectivity index (χ3v) is 6.63. The fourth-order valence-corrected chi connectivity index (χ4v) is 4.68. The number of aliphatic hydroxyl groups excluding tert-OH is 1. The Morgan fingerprint density at radius 3 is 2.18 bits per heavy atom. The van der Waals surface area contributed by atoms with Gasteiger partial charge in [0.05, 0.1) is 24.8 Å². The van der Waals surface area contributed by atoms with Crippen molar-refractivity contribution < 1.29 is 29.3 Å². The van der Waals surface area contributed by atoms with Crippen molar-refractivity contribution in [2.24, 2.45) is 0 Å². The van der Waals surface area contributed by atoms with E-state index < -0.39 is 17.7 Å². The number of anilines is 1. The molecule has 0 radical (unpaired) electrons. The summed E-state index contributed by atoms with van der Waals surface area (Å²) in [4.78, 5) is 28.3. The molecular weight excluding hydrogens is 482 g/mol. The molecule has 1 heterocycles. The van der Waals surface area contributed by atoms with Gasteiger partial charge < -0.3 is 19.7 Å². The monoisotopic (exact) mass is 515 g/mol. The van der Waals surface area contributed by atoms with Crippen LogP contribution in [0.3, 0.4) is 0 Å². The number of rotatable bonds is 8. The summed E-state index contributed by atoms with van der Waals surface area (Å²) >= 11 is 0. The van der Waals surface area contributed by atoms with Gasteiger partial charge in [0.15, 0.2) is 11.5 Å². The highest BCUT2D eigenvalue weighted by atomic mass is 16.5. The van der Waals surface area contributed by atoms with Crippen LogP contribution in [0.25, 0.3) is 5.76 Å². The van der Waals surface area contributed by atoms with Crippen LogP contribution in [0.2, 0.25) is 0 Å². The zero-order chi connectivity index (χ0) is 27.6. The Kier molecular flexibility index (Phi) is 7.76. The van der Waals surface area contributed by atoms with Crippen LogP contribution in [0.4, 0.5) is 5.69 Å². The molecule has 1 aliphatic rings. The van der Waals surface area contributed by atoms with Crippen LogP contribution in [-0.2, 0) is 9.59 Å². The highest BCUT2D eigenvalue weighted by molar-refractivity contribution is 6.51. The van der Waals surface area contributed by atoms with Gasteiger partial charge in [0.2, 0.25) is 0 Å². The van der Waals surface area contributed by atoms with Gasteiger partial charge in [-0.2, -0.15) is 0 Å². The maximum absolute atomic E-state index is 13.5. The molecule has 1 unspecified atom stereocenters. The molecule has 0 spiro atoms. The van der Waals surface area contributed by atoms with Crippen molar-refractivity contribution in [1.29, 1.82) is 0 Å². The number of carbonyl (C=O) groups excluding carboxylic acids is 2. The summed E-state index contributed by atoms with van der Waals surface area (Å²) in [6.07, 6.45) is 0. The standard InChI is InChI=1S/C31H33NO6/c1-6-37-25-15-11-22(16-19(25)5)29(34)27-28(21-10-14-24(33)26(17-21)38-7-2)32(31(36)30(27)35)23-12-8-20(9-13-23)18(3)4/h8-18,28,33-34H,6-7H2,1-5H3/b29-27-. The summed E-state index contributed by atoms with van der Waals surface area (Å²) in [5.74, 6) is -0.693. The molecule has 0 aliphatic carbocycles. The zero-order valence-corrected chi connectivity index (χ0v) is 22.3. The van der Waals surface area contributed by atoms with E-state index in [1.807, 2.05) is 26.0 Å². The Morgan fingerprint density at radius 1 is 0.921 bits per heavy atom. The van der Waals surface area contributed by atoms with E-state index in [0.717, 1.165) is 11.1 Å². The Labute approximate surface area is 222 Å². The molecule has 198 valence electrons. The van der Waals surface area contributed by atoms with Crippen LogP contribution in [-0.4, -0.2) is 35.1 Å². The molecule has 0 saturated carbocycles. The highest BCUT2D eigenvalue weighted by Gasteiger charge is 2.47. The number of phenols is 1. The third-order valence-electron chi connectivity index (χ3n) is 6.63. The Balaban J connectivity index is 1.92. The van der Waals surface area contributed by atoms with Gasteiger partial charge in [-0.05, 0) is 85.8 Å². The predicted octanol–water partition coefficient (Wildman–Crippen LogP) is 6.25. The Morgan fingerprint density at radius 2 is 1.58 bits per heavy atom.